The van der Waals surface area contributed by atoms with Gasteiger partial charge in [0.1, 0.15) is 12.1 Å². The molecule has 1 aromatic rings. The van der Waals surface area contributed by atoms with Gasteiger partial charge in [-0.3, -0.25) is 24.6 Å². The van der Waals surface area contributed by atoms with Crippen LogP contribution in [0.4, 0.5) is 5.69 Å². The van der Waals surface area contributed by atoms with Crippen LogP contribution in [-0.2, 0) is 14.4 Å². The number of hydrogen-bond donors (Lipinski definition) is 3. The summed E-state index contributed by atoms with van der Waals surface area (Å²) in [6.07, 6.45) is 2.72. The summed E-state index contributed by atoms with van der Waals surface area (Å²) in [7, 11) is 0. The van der Waals surface area contributed by atoms with Crippen molar-refractivity contribution in [2.24, 2.45) is 5.41 Å². The van der Waals surface area contributed by atoms with Gasteiger partial charge >= 0.3 is 5.97 Å². The van der Waals surface area contributed by atoms with E-state index in [2.05, 4.69) is 27.7 Å². The summed E-state index contributed by atoms with van der Waals surface area (Å²) in [5.41, 5.74) is 1.79. The van der Waals surface area contributed by atoms with Crippen molar-refractivity contribution < 1.29 is 19.5 Å². The molecule has 1 aromatic carbocycles. The Labute approximate surface area is 171 Å². The van der Waals surface area contributed by atoms with Crippen molar-refractivity contribution in [2.45, 2.75) is 64.5 Å². The number of carboxylic acids is 1. The molecule has 2 amide bonds. The fraction of sp³-hybridized carbons (Fsp3) is 0.591. The molecule has 3 N–H and O–H groups in total. The van der Waals surface area contributed by atoms with Crippen LogP contribution in [0.2, 0.25) is 0 Å². The molecule has 2 aliphatic heterocycles. The number of anilines is 1. The van der Waals surface area contributed by atoms with E-state index < -0.39 is 12.0 Å². The highest BCUT2D eigenvalue weighted by molar-refractivity contribution is 6.01. The summed E-state index contributed by atoms with van der Waals surface area (Å²) >= 11 is 0. The molecule has 0 aliphatic carbocycles. The van der Waals surface area contributed by atoms with E-state index in [1.54, 1.807) is 0 Å². The fourth-order valence-electron chi connectivity index (χ4n) is 4.45. The van der Waals surface area contributed by atoms with E-state index in [-0.39, 0.29) is 23.3 Å². The van der Waals surface area contributed by atoms with Gasteiger partial charge in [0.25, 0.3) is 0 Å². The minimum absolute atomic E-state index is 0.216. The average Bonchev–Trinajstić information content (AvgIpc) is 2.64. The van der Waals surface area contributed by atoms with Crippen molar-refractivity contribution in [3.05, 3.63) is 29.8 Å². The van der Waals surface area contributed by atoms with Crippen molar-refractivity contribution >= 4 is 23.5 Å². The van der Waals surface area contributed by atoms with Crippen molar-refractivity contribution in [2.75, 3.05) is 18.4 Å². The molecule has 0 spiro atoms. The van der Waals surface area contributed by atoms with Crippen molar-refractivity contribution in [3.63, 3.8) is 0 Å². The second kappa shape index (κ2) is 8.53. The molecule has 2 heterocycles. The summed E-state index contributed by atoms with van der Waals surface area (Å²) in [5.74, 6) is -0.832. The summed E-state index contributed by atoms with van der Waals surface area (Å²) in [5, 5.41) is 15.2. The number of benzene rings is 1. The van der Waals surface area contributed by atoms with Gasteiger partial charge in [0.2, 0.25) is 11.8 Å². The Kier molecular flexibility index (Phi) is 6.27. The smallest absolute Gasteiger partial charge is 0.321 e. The molecule has 2 atom stereocenters. The third kappa shape index (κ3) is 5.15. The zero-order valence-corrected chi connectivity index (χ0v) is 17.4. The number of hydrogen-bond acceptors (Lipinski definition) is 5. The Morgan fingerprint density at radius 2 is 1.76 bits per heavy atom. The maximum absolute atomic E-state index is 11.9. The van der Waals surface area contributed by atoms with E-state index >= 15 is 0 Å². The number of carbonyl (C=O) groups is 3. The number of carbonyl (C=O) groups excluding carboxylic acids is 2. The topological polar surface area (TPSA) is 98.7 Å². The van der Waals surface area contributed by atoms with Crippen LogP contribution in [0.1, 0.15) is 57.9 Å². The molecular weight excluding hydrogens is 370 g/mol. The summed E-state index contributed by atoms with van der Waals surface area (Å²) in [4.78, 5) is 37.0. The normalized spacial score (nSPS) is 22.8. The number of likely N-dealkylation sites (tertiary alicyclic amines) is 1. The van der Waals surface area contributed by atoms with Gasteiger partial charge in [-0.25, -0.2) is 0 Å². The molecule has 0 saturated carbocycles. The van der Waals surface area contributed by atoms with Crippen LogP contribution in [0.5, 0.6) is 0 Å². The van der Waals surface area contributed by atoms with E-state index in [9.17, 15) is 19.5 Å². The molecule has 0 radical (unpaired) electrons. The fourth-order valence-corrected chi connectivity index (χ4v) is 4.45. The van der Waals surface area contributed by atoms with E-state index in [4.69, 9.17) is 0 Å². The van der Waals surface area contributed by atoms with Gasteiger partial charge in [-0.2, -0.15) is 0 Å². The van der Waals surface area contributed by atoms with Crippen LogP contribution in [-0.4, -0.2) is 53.0 Å². The van der Waals surface area contributed by atoms with E-state index in [1.165, 1.54) is 5.56 Å². The first kappa shape index (κ1) is 21.3. The number of rotatable bonds is 5. The summed E-state index contributed by atoms with van der Waals surface area (Å²) in [6.45, 7) is 7.48. The lowest BCUT2D eigenvalue weighted by molar-refractivity contribution is -0.148. The molecule has 7 heteroatoms. The van der Waals surface area contributed by atoms with E-state index in [0.29, 0.717) is 18.8 Å². The Morgan fingerprint density at radius 3 is 2.28 bits per heavy atom. The lowest BCUT2D eigenvalue weighted by atomic mass is 9.82. The predicted octanol–water partition coefficient (Wildman–Crippen LogP) is 2.58. The second-order valence-electron chi connectivity index (χ2n) is 9.19. The first-order chi connectivity index (χ1) is 13.6. The molecule has 0 aromatic heterocycles. The predicted molar refractivity (Wildman–Crippen MR) is 111 cm³/mol. The molecule has 2 unspecified atom stereocenters. The SMILES string of the molecule is CC(C)(C)C(C(=O)O)N1CCC(c2ccc(NC3CCC(=O)NC3=O)cc2)CC1. The standard InChI is InChI=1S/C22H31N3O4/c1-22(2,3)19(21(28)29)25-12-10-15(11-13-25)14-4-6-16(7-5-14)23-17-8-9-18(26)24-20(17)27/h4-7,15,17,19,23H,8-13H2,1-3H3,(H,28,29)(H,24,26,27). The molecular formula is C22H31N3O4. The van der Waals surface area contributed by atoms with Crippen LogP contribution < -0.4 is 10.6 Å². The first-order valence-electron chi connectivity index (χ1n) is 10.3. The maximum Gasteiger partial charge on any atom is 0.321 e. The quantitative estimate of drug-likeness (QED) is 0.656. The van der Waals surface area contributed by atoms with E-state index in [1.807, 2.05) is 32.9 Å². The minimum atomic E-state index is -0.750. The molecule has 2 aliphatic rings. The highest BCUT2D eigenvalue weighted by Crippen LogP contribution is 2.33. The molecule has 2 saturated heterocycles. The average molecular weight is 402 g/mol. The lowest BCUT2D eigenvalue weighted by Gasteiger charge is -2.41. The third-order valence-electron chi connectivity index (χ3n) is 5.91. The Hall–Kier alpha value is -2.41. The first-order valence-corrected chi connectivity index (χ1v) is 10.3. The van der Waals surface area contributed by atoms with Gasteiger partial charge in [0.05, 0.1) is 0 Å². The molecule has 7 nitrogen and oxygen atoms in total. The van der Waals surface area contributed by atoms with E-state index in [0.717, 1.165) is 31.6 Å². The Morgan fingerprint density at radius 1 is 1.14 bits per heavy atom. The van der Waals surface area contributed by atoms with Gasteiger partial charge in [0, 0.05) is 12.1 Å². The molecule has 2 fully saturated rings. The van der Waals surface area contributed by atoms with Crippen molar-refractivity contribution in [3.8, 4) is 0 Å². The van der Waals surface area contributed by atoms with Gasteiger partial charge in [-0.05, 0) is 61.4 Å². The number of aliphatic carboxylic acids is 1. The number of nitrogens with one attached hydrogen (secondary N) is 2. The van der Waals surface area contributed by atoms with Crippen molar-refractivity contribution in [1.29, 1.82) is 0 Å². The Bertz CT molecular complexity index is 761. The van der Waals surface area contributed by atoms with Gasteiger partial charge in [0.15, 0.2) is 0 Å². The molecule has 0 bridgehead atoms. The van der Waals surface area contributed by atoms with Crippen LogP contribution in [0.15, 0.2) is 24.3 Å². The number of carboxylic acid groups (broad SMARTS) is 1. The lowest BCUT2D eigenvalue weighted by Crippen LogP contribution is -2.51. The van der Waals surface area contributed by atoms with Gasteiger partial charge < -0.3 is 10.4 Å². The zero-order chi connectivity index (χ0) is 21.2. The number of piperidine rings is 2. The number of amides is 2. The van der Waals surface area contributed by atoms with Crippen LogP contribution in [0.25, 0.3) is 0 Å². The molecule has 29 heavy (non-hydrogen) atoms. The molecule has 3 rings (SSSR count). The highest BCUT2D eigenvalue weighted by atomic mass is 16.4. The third-order valence-corrected chi connectivity index (χ3v) is 5.91. The second-order valence-corrected chi connectivity index (χ2v) is 9.19. The monoisotopic (exact) mass is 401 g/mol. The van der Waals surface area contributed by atoms with Crippen LogP contribution in [0, 0.1) is 5.41 Å². The van der Waals surface area contributed by atoms with Crippen LogP contribution in [0.3, 0.4) is 0 Å². The summed E-state index contributed by atoms with van der Waals surface area (Å²) < 4.78 is 0. The maximum atomic E-state index is 11.9. The number of imide groups is 1. The minimum Gasteiger partial charge on any atom is -0.480 e. The van der Waals surface area contributed by atoms with Crippen LogP contribution >= 0.6 is 0 Å². The highest BCUT2D eigenvalue weighted by Gasteiger charge is 2.38. The van der Waals surface area contributed by atoms with Crippen molar-refractivity contribution in [1.82, 2.24) is 10.2 Å². The Balaban J connectivity index is 1.57. The largest absolute Gasteiger partial charge is 0.480 e. The van der Waals surface area contributed by atoms with Gasteiger partial charge in [-0.15, -0.1) is 0 Å². The van der Waals surface area contributed by atoms with Gasteiger partial charge in [-0.1, -0.05) is 32.9 Å². The molecule has 158 valence electrons. The number of nitrogens with zero attached hydrogens (tertiary/aromatic N) is 1. The zero-order valence-electron chi connectivity index (χ0n) is 17.4. The summed E-state index contributed by atoms with van der Waals surface area (Å²) in [6, 6.07) is 7.25.